The topological polar surface area (TPSA) is 155 Å². The number of amides is 2. The minimum absolute atomic E-state index is 0.00707. The number of hydrogen-bond donors (Lipinski definition) is 4. The first kappa shape index (κ1) is 29.5. The van der Waals surface area contributed by atoms with Gasteiger partial charge in [0.25, 0.3) is 21.9 Å². The number of carbonyl (C=O) groups excluding carboxylic acids is 2. The van der Waals surface area contributed by atoms with Crippen molar-refractivity contribution < 1.29 is 31.3 Å². The standard InChI is InChI=1S/C29H25N3O7S3/c1-41(35,36)39-15-5-4-6-19-9-11-20(12-10-19)29-31-18-22(40-29)17-30-27(33)21-13-14-26-24(16-21)32-28(34)23-7-2-3-8-25(23)42(26,37)38/h2-3,7-14,16,18,37-38H,5,15,17H2,1H3,(H,30,33)(H,32,34). The molecule has 10 nitrogen and oxygen atoms in total. The van der Waals surface area contributed by atoms with Gasteiger partial charge < -0.3 is 10.6 Å². The van der Waals surface area contributed by atoms with Crippen LogP contribution in [-0.4, -0.2) is 47.2 Å². The molecule has 0 saturated carbocycles. The van der Waals surface area contributed by atoms with Crippen LogP contribution >= 0.6 is 21.9 Å². The summed E-state index contributed by atoms with van der Waals surface area (Å²) in [6.45, 7) is 0.229. The second kappa shape index (κ2) is 12.1. The maximum atomic E-state index is 12.9. The largest absolute Gasteiger partial charge is 0.347 e. The Kier molecular flexibility index (Phi) is 8.46. The van der Waals surface area contributed by atoms with Crippen LogP contribution in [0.3, 0.4) is 0 Å². The molecule has 0 spiro atoms. The summed E-state index contributed by atoms with van der Waals surface area (Å²) in [4.78, 5) is 31.2. The molecule has 0 atom stereocenters. The van der Waals surface area contributed by atoms with Crippen molar-refractivity contribution in [1.82, 2.24) is 10.3 Å². The smallest absolute Gasteiger partial charge is 0.264 e. The molecule has 2 heterocycles. The van der Waals surface area contributed by atoms with Gasteiger partial charge in [0, 0.05) is 34.2 Å². The zero-order chi connectivity index (χ0) is 29.9. The first-order valence-electron chi connectivity index (χ1n) is 12.5. The molecule has 4 aromatic rings. The van der Waals surface area contributed by atoms with Gasteiger partial charge in [0.15, 0.2) is 0 Å². The molecule has 0 radical (unpaired) electrons. The number of nitrogens with one attached hydrogen (secondary N) is 2. The fourth-order valence-corrected chi connectivity index (χ4v) is 7.02. The van der Waals surface area contributed by atoms with Crippen molar-refractivity contribution in [3.05, 3.63) is 94.5 Å². The minimum Gasteiger partial charge on any atom is -0.347 e. The summed E-state index contributed by atoms with van der Waals surface area (Å²) in [6, 6.07) is 18.1. The molecule has 3 aromatic carbocycles. The lowest BCUT2D eigenvalue weighted by atomic mass is 10.1. The van der Waals surface area contributed by atoms with E-state index in [0.29, 0.717) is 0 Å². The van der Waals surface area contributed by atoms with E-state index in [0.717, 1.165) is 27.3 Å². The normalized spacial score (nSPS) is 14.3. The van der Waals surface area contributed by atoms with Crippen molar-refractivity contribution in [3.8, 4) is 22.4 Å². The van der Waals surface area contributed by atoms with Gasteiger partial charge in [-0.1, -0.05) is 36.1 Å². The van der Waals surface area contributed by atoms with Crippen molar-refractivity contribution in [1.29, 1.82) is 0 Å². The molecule has 1 aliphatic heterocycles. The summed E-state index contributed by atoms with van der Waals surface area (Å²) in [5, 5.41) is 6.29. The van der Waals surface area contributed by atoms with Crippen LogP contribution in [0.25, 0.3) is 10.6 Å². The highest BCUT2D eigenvalue weighted by Crippen LogP contribution is 2.60. The molecule has 4 N–H and O–H groups in total. The van der Waals surface area contributed by atoms with E-state index in [9.17, 15) is 27.1 Å². The molecule has 0 saturated heterocycles. The number of hydrogen-bond acceptors (Lipinski definition) is 9. The van der Waals surface area contributed by atoms with Gasteiger partial charge in [-0.3, -0.25) is 22.9 Å². The van der Waals surface area contributed by atoms with Crippen LogP contribution in [0.5, 0.6) is 0 Å². The van der Waals surface area contributed by atoms with Gasteiger partial charge in [-0.25, -0.2) is 4.98 Å². The number of thiazole rings is 1. The van der Waals surface area contributed by atoms with E-state index in [1.165, 1.54) is 41.7 Å². The third kappa shape index (κ3) is 6.71. The maximum Gasteiger partial charge on any atom is 0.264 e. The molecule has 0 aliphatic carbocycles. The van der Waals surface area contributed by atoms with Gasteiger partial charge in [-0.2, -0.15) is 8.42 Å². The van der Waals surface area contributed by atoms with Crippen molar-refractivity contribution in [3.63, 3.8) is 0 Å². The average molecular weight is 624 g/mol. The summed E-state index contributed by atoms with van der Waals surface area (Å²) < 4.78 is 48.5. The van der Waals surface area contributed by atoms with E-state index in [1.807, 2.05) is 24.3 Å². The Bertz CT molecular complexity index is 1840. The highest BCUT2D eigenvalue weighted by atomic mass is 32.3. The lowest BCUT2D eigenvalue weighted by molar-refractivity contribution is 0.0949. The van der Waals surface area contributed by atoms with Crippen molar-refractivity contribution in [2.45, 2.75) is 22.8 Å². The summed E-state index contributed by atoms with van der Waals surface area (Å²) >= 11 is 1.42. The van der Waals surface area contributed by atoms with Crippen LogP contribution in [-0.2, 0) is 20.8 Å². The van der Waals surface area contributed by atoms with Crippen LogP contribution in [0.4, 0.5) is 5.69 Å². The number of rotatable bonds is 7. The van der Waals surface area contributed by atoms with Gasteiger partial charge in [0.05, 0.1) is 40.4 Å². The van der Waals surface area contributed by atoms with Crippen LogP contribution in [0.1, 0.15) is 37.6 Å². The molecule has 42 heavy (non-hydrogen) atoms. The molecule has 0 unspecified atom stereocenters. The minimum atomic E-state index is -3.47. The van der Waals surface area contributed by atoms with E-state index in [1.54, 1.807) is 18.3 Å². The van der Waals surface area contributed by atoms with Crippen molar-refractivity contribution >= 4 is 49.5 Å². The molecule has 0 fully saturated rings. The van der Waals surface area contributed by atoms with Gasteiger partial charge >= 0.3 is 0 Å². The highest BCUT2D eigenvalue weighted by Gasteiger charge is 2.31. The lowest BCUT2D eigenvalue weighted by Gasteiger charge is -2.33. The van der Waals surface area contributed by atoms with Crippen LogP contribution in [0.15, 0.2) is 82.7 Å². The molecule has 0 bridgehead atoms. The monoisotopic (exact) mass is 623 g/mol. The fourth-order valence-electron chi connectivity index (χ4n) is 4.12. The number of aromatic nitrogens is 1. The number of benzene rings is 3. The zero-order valence-electron chi connectivity index (χ0n) is 22.2. The number of nitrogens with zero attached hydrogens (tertiary/aromatic N) is 1. The van der Waals surface area contributed by atoms with Crippen molar-refractivity contribution in [2.75, 3.05) is 18.2 Å². The van der Waals surface area contributed by atoms with Crippen LogP contribution in [0.2, 0.25) is 0 Å². The second-order valence-corrected chi connectivity index (χ2v) is 13.9. The molecule has 1 aliphatic rings. The van der Waals surface area contributed by atoms with Crippen molar-refractivity contribution in [2.24, 2.45) is 0 Å². The van der Waals surface area contributed by atoms with E-state index < -0.39 is 32.5 Å². The molecular formula is C29H25N3O7S3. The van der Waals surface area contributed by atoms with Gasteiger partial charge in [-0.15, -0.1) is 21.9 Å². The fraction of sp³-hybridized carbons (Fsp3) is 0.138. The molecule has 5 rings (SSSR count). The number of fused-ring (bicyclic) bond motifs is 2. The van der Waals surface area contributed by atoms with Gasteiger partial charge in [-0.05, 0) is 42.5 Å². The summed E-state index contributed by atoms with van der Waals surface area (Å²) in [7, 11) is -6.93. The van der Waals surface area contributed by atoms with E-state index >= 15 is 0 Å². The number of anilines is 1. The zero-order valence-corrected chi connectivity index (χ0v) is 24.6. The maximum absolute atomic E-state index is 12.9. The average Bonchev–Trinajstić information content (AvgIpc) is 3.41. The summed E-state index contributed by atoms with van der Waals surface area (Å²) in [5.74, 6) is 4.94. The first-order valence-corrected chi connectivity index (χ1v) is 16.7. The van der Waals surface area contributed by atoms with Crippen LogP contribution < -0.4 is 10.6 Å². The molecule has 1 aromatic heterocycles. The van der Waals surface area contributed by atoms with Crippen LogP contribution in [0, 0.1) is 11.8 Å². The predicted molar refractivity (Wildman–Crippen MR) is 161 cm³/mol. The highest BCUT2D eigenvalue weighted by molar-refractivity contribution is 8.24. The quantitative estimate of drug-likeness (QED) is 0.125. The molecule has 2 amide bonds. The SMILES string of the molecule is CS(=O)(=O)OCCC#Cc1ccc(-c2ncc(CNC(=O)c3ccc4c(c3)NC(=O)c3ccccc3S4(O)O)s2)cc1. The summed E-state index contributed by atoms with van der Waals surface area (Å²) in [6.07, 6.45) is 2.96. The summed E-state index contributed by atoms with van der Waals surface area (Å²) in [5.41, 5.74) is 2.23. The molecule has 216 valence electrons. The van der Waals surface area contributed by atoms with E-state index in [2.05, 4.69) is 31.6 Å². The first-order chi connectivity index (χ1) is 20.0. The van der Waals surface area contributed by atoms with E-state index in [4.69, 9.17) is 0 Å². The predicted octanol–water partition coefficient (Wildman–Crippen LogP) is 5.19. The Balaban J connectivity index is 1.21. The Morgan fingerprint density at radius 2 is 1.86 bits per heavy atom. The third-order valence-corrected chi connectivity index (χ3v) is 9.68. The lowest BCUT2D eigenvalue weighted by Crippen LogP contribution is -2.22. The molecule has 13 heteroatoms. The third-order valence-electron chi connectivity index (χ3n) is 6.10. The molecular weight excluding hydrogens is 599 g/mol. The Morgan fingerprint density at radius 1 is 1.10 bits per heavy atom. The van der Waals surface area contributed by atoms with Gasteiger partial charge in [0.1, 0.15) is 5.01 Å². The Morgan fingerprint density at radius 3 is 2.62 bits per heavy atom. The Hall–Kier alpha value is -4.03. The van der Waals surface area contributed by atoms with Gasteiger partial charge in [0.2, 0.25) is 0 Å². The Labute approximate surface area is 248 Å². The second-order valence-electron chi connectivity index (χ2n) is 9.18. The van der Waals surface area contributed by atoms with E-state index in [-0.39, 0.29) is 46.2 Å². The number of carbonyl (C=O) groups is 2.